The second kappa shape index (κ2) is 4.56. The van der Waals surface area contributed by atoms with Gasteiger partial charge in [-0.2, -0.15) is 10.4 Å². The average Bonchev–Trinajstić information content (AvgIpc) is 2.17. The third kappa shape index (κ3) is 2.43. The van der Waals surface area contributed by atoms with Crippen LogP contribution in [0, 0.1) is 18.3 Å². The number of rotatable bonds is 3. The normalized spacial score (nSPS) is 11.9. The van der Waals surface area contributed by atoms with Crippen LogP contribution in [0.1, 0.15) is 18.9 Å². The van der Waals surface area contributed by atoms with E-state index in [0.29, 0.717) is 6.42 Å². The molecular formula is C10H14N4. The first kappa shape index (κ1) is 10.5. The maximum atomic E-state index is 8.57. The van der Waals surface area contributed by atoms with Crippen LogP contribution >= 0.6 is 0 Å². The Labute approximate surface area is 84.2 Å². The fraction of sp³-hybridized carbons (Fsp3) is 0.500. The minimum Gasteiger partial charge on any atom is -0.354 e. The van der Waals surface area contributed by atoms with Gasteiger partial charge in [-0.1, -0.05) is 0 Å². The molecule has 1 unspecified atom stereocenters. The first-order valence-electron chi connectivity index (χ1n) is 4.54. The molecule has 1 aromatic heterocycles. The van der Waals surface area contributed by atoms with Crippen molar-refractivity contribution in [1.29, 1.82) is 5.26 Å². The molecular weight excluding hydrogens is 176 g/mol. The summed E-state index contributed by atoms with van der Waals surface area (Å²) >= 11 is 0. The SMILES string of the molecule is Cc1cnnc(N(C)C(C)CC#N)c1. The van der Waals surface area contributed by atoms with Gasteiger partial charge in [0.25, 0.3) is 0 Å². The van der Waals surface area contributed by atoms with E-state index in [2.05, 4.69) is 16.3 Å². The van der Waals surface area contributed by atoms with E-state index in [1.165, 1.54) is 0 Å². The Hall–Kier alpha value is -1.63. The summed E-state index contributed by atoms with van der Waals surface area (Å²) in [5.74, 6) is 0.813. The van der Waals surface area contributed by atoms with Crippen molar-refractivity contribution in [2.24, 2.45) is 0 Å². The van der Waals surface area contributed by atoms with Gasteiger partial charge in [-0.25, -0.2) is 0 Å². The fourth-order valence-electron chi connectivity index (χ4n) is 1.12. The molecule has 0 fully saturated rings. The Balaban J connectivity index is 2.79. The van der Waals surface area contributed by atoms with Crippen molar-refractivity contribution in [2.75, 3.05) is 11.9 Å². The van der Waals surface area contributed by atoms with Gasteiger partial charge in [0.2, 0.25) is 0 Å². The van der Waals surface area contributed by atoms with Gasteiger partial charge in [-0.05, 0) is 25.5 Å². The van der Waals surface area contributed by atoms with Gasteiger partial charge in [0, 0.05) is 13.1 Å². The van der Waals surface area contributed by atoms with Crippen LogP contribution in [0.3, 0.4) is 0 Å². The van der Waals surface area contributed by atoms with E-state index in [1.807, 2.05) is 31.9 Å². The van der Waals surface area contributed by atoms with E-state index in [9.17, 15) is 0 Å². The smallest absolute Gasteiger partial charge is 0.151 e. The summed E-state index contributed by atoms with van der Waals surface area (Å²) in [6.07, 6.45) is 2.21. The maximum absolute atomic E-state index is 8.57. The Morgan fingerprint density at radius 1 is 1.64 bits per heavy atom. The van der Waals surface area contributed by atoms with Gasteiger partial charge in [0.05, 0.1) is 18.7 Å². The van der Waals surface area contributed by atoms with Crippen molar-refractivity contribution in [3.05, 3.63) is 17.8 Å². The van der Waals surface area contributed by atoms with Crippen LogP contribution in [0.25, 0.3) is 0 Å². The second-order valence-corrected chi connectivity index (χ2v) is 3.41. The molecule has 1 rings (SSSR count). The van der Waals surface area contributed by atoms with Crippen molar-refractivity contribution < 1.29 is 0 Å². The van der Waals surface area contributed by atoms with Crippen molar-refractivity contribution in [3.8, 4) is 6.07 Å². The van der Waals surface area contributed by atoms with E-state index in [0.717, 1.165) is 11.4 Å². The molecule has 14 heavy (non-hydrogen) atoms. The lowest BCUT2D eigenvalue weighted by atomic mass is 10.2. The summed E-state index contributed by atoms with van der Waals surface area (Å²) < 4.78 is 0. The molecule has 0 aliphatic rings. The number of hydrogen-bond acceptors (Lipinski definition) is 4. The molecule has 0 aromatic carbocycles. The van der Waals surface area contributed by atoms with E-state index < -0.39 is 0 Å². The van der Waals surface area contributed by atoms with E-state index >= 15 is 0 Å². The summed E-state index contributed by atoms with van der Waals surface area (Å²) in [6, 6.07) is 4.27. The highest BCUT2D eigenvalue weighted by Gasteiger charge is 2.10. The van der Waals surface area contributed by atoms with Gasteiger partial charge in [-0.15, -0.1) is 5.10 Å². The lowest BCUT2D eigenvalue weighted by Crippen LogP contribution is -2.29. The lowest BCUT2D eigenvalue weighted by molar-refractivity contribution is 0.687. The minimum atomic E-state index is 0.163. The number of nitriles is 1. The van der Waals surface area contributed by atoms with Gasteiger partial charge in [-0.3, -0.25) is 0 Å². The first-order valence-corrected chi connectivity index (χ1v) is 4.54. The zero-order valence-corrected chi connectivity index (χ0v) is 8.73. The second-order valence-electron chi connectivity index (χ2n) is 3.41. The summed E-state index contributed by atoms with van der Waals surface area (Å²) in [4.78, 5) is 1.96. The molecule has 0 aliphatic heterocycles. The predicted molar refractivity (Wildman–Crippen MR) is 54.9 cm³/mol. The number of aromatic nitrogens is 2. The predicted octanol–water partition coefficient (Wildman–Crippen LogP) is 1.52. The van der Waals surface area contributed by atoms with Crippen LogP contribution in [-0.2, 0) is 0 Å². The molecule has 0 saturated carbocycles. The topological polar surface area (TPSA) is 52.8 Å². The molecule has 0 saturated heterocycles. The molecule has 0 N–H and O–H groups in total. The highest BCUT2D eigenvalue weighted by molar-refractivity contribution is 5.39. The third-order valence-electron chi connectivity index (χ3n) is 2.19. The van der Waals surface area contributed by atoms with Crippen LogP contribution in [0.15, 0.2) is 12.3 Å². The molecule has 4 heteroatoms. The van der Waals surface area contributed by atoms with Crippen LogP contribution in [-0.4, -0.2) is 23.3 Å². The zero-order chi connectivity index (χ0) is 10.6. The Kier molecular flexibility index (Phi) is 3.41. The molecule has 1 atom stereocenters. The molecule has 1 aromatic rings. The van der Waals surface area contributed by atoms with Gasteiger partial charge < -0.3 is 4.90 Å². The lowest BCUT2D eigenvalue weighted by Gasteiger charge is -2.23. The number of nitrogens with zero attached hydrogens (tertiary/aromatic N) is 4. The highest BCUT2D eigenvalue weighted by Crippen LogP contribution is 2.13. The van der Waals surface area contributed by atoms with Gasteiger partial charge in [0.15, 0.2) is 5.82 Å². The number of aryl methyl sites for hydroxylation is 1. The highest BCUT2D eigenvalue weighted by atomic mass is 15.3. The van der Waals surface area contributed by atoms with E-state index in [-0.39, 0.29) is 6.04 Å². The standard InChI is InChI=1S/C10H14N4/c1-8-6-10(13-12-7-8)14(3)9(2)4-5-11/h6-7,9H,4H2,1-3H3. The van der Waals surface area contributed by atoms with Crippen LogP contribution < -0.4 is 4.90 Å². The fourth-order valence-corrected chi connectivity index (χ4v) is 1.12. The van der Waals surface area contributed by atoms with Crippen molar-refractivity contribution >= 4 is 5.82 Å². The summed E-state index contributed by atoms with van der Waals surface area (Å²) in [6.45, 7) is 3.97. The van der Waals surface area contributed by atoms with E-state index in [1.54, 1.807) is 6.20 Å². The van der Waals surface area contributed by atoms with Crippen molar-refractivity contribution in [1.82, 2.24) is 10.2 Å². The molecule has 74 valence electrons. The average molecular weight is 190 g/mol. The molecule has 4 nitrogen and oxygen atoms in total. The third-order valence-corrected chi connectivity index (χ3v) is 2.19. The summed E-state index contributed by atoms with van der Waals surface area (Å²) in [5.41, 5.74) is 1.08. The molecule has 0 aliphatic carbocycles. The molecule has 0 amide bonds. The van der Waals surface area contributed by atoms with E-state index in [4.69, 9.17) is 5.26 Å². The summed E-state index contributed by atoms with van der Waals surface area (Å²) in [7, 11) is 1.92. The summed E-state index contributed by atoms with van der Waals surface area (Å²) in [5, 5.41) is 16.5. The van der Waals surface area contributed by atoms with Crippen LogP contribution in [0.2, 0.25) is 0 Å². The maximum Gasteiger partial charge on any atom is 0.151 e. The number of anilines is 1. The minimum absolute atomic E-state index is 0.163. The largest absolute Gasteiger partial charge is 0.354 e. The van der Waals surface area contributed by atoms with Crippen molar-refractivity contribution in [2.45, 2.75) is 26.3 Å². The van der Waals surface area contributed by atoms with Gasteiger partial charge >= 0.3 is 0 Å². The zero-order valence-electron chi connectivity index (χ0n) is 8.73. The molecule has 0 radical (unpaired) electrons. The monoisotopic (exact) mass is 190 g/mol. The van der Waals surface area contributed by atoms with Gasteiger partial charge in [0.1, 0.15) is 0 Å². The molecule has 0 spiro atoms. The quantitative estimate of drug-likeness (QED) is 0.725. The Morgan fingerprint density at radius 2 is 2.36 bits per heavy atom. The Morgan fingerprint density at radius 3 is 2.93 bits per heavy atom. The van der Waals surface area contributed by atoms with Crippen molar-refractivity contribution in [3.63, 3.8) is 0 Å². The number of hydrogen-bond donors (Lipinski definition) is 0. The molecule has 1 heterocycles. The first-order chi connectivity index (χ1) is 6.65. The van der Waals surface area contributed by atoms with Crippen LogP contribution in [0.4, 0.5) is 5.82 Å². The Bertz CT molecular complexity index is 342. The van der Waals surface area contributed by atoms with Crippen LogP contribution in [0.5, 0.6) is 0 Å². The molecule has 0 bridgehead atoms.